The van der Waals surface area contributed by atoms with Gasteiger partial charge in [0.25, 0.3) is 0 Å². The van der Waals surface area contributed by atoms with E-state index in [-0.39, 0.29) is 6.04 Å². The second-order valence-corrected chi connectivity index (χ2v) is 6.40. The molecule has 140 valence electrons. The minimum atomic E-state index is 0.0753. The molecule has 1 aromatic carbocycles. The van der Waals surface area contributed by atoms with Crippen LogP contribution in [-0.2, 0) is 11.8 Å². The Morgan fingerprint density at radius 3 is 2.89 bits per heavy atom. The van der Waals surface area contributed by atoms with E-state index in [1.807, 2.05) is 38.4 Å². The third kappa shape index (κ3) is 3.06. The molecular formula is C18H21N7O2. The summed E-state index contributed by atoms with van der Waals surface area (Å²) in [6.07, 6.45) is 1.91. The van der Waals surface area contributed by atoms with Crippen molar-refractivity contribution < 1.29 is 9.47 Å². The zero-order valence-corrected chi connectivity index (χ0v) is 15.6. The molecule has 2 N–H and O–H groups in total. The van der Waals surface area contributed by atoms with Crippen LogP contribution in [0.2, 0.25) is 0 Å². The molecule has 0 radical (unpaired) electrons. The van der Waals surface area contributed by atoms with Crippen LogP contribution in [-0.4, -0.2) is 56.8 Å². The molecule has 0 saturated heterocycles. The van der Waals surface area contributed by atoms with Gasteiger partial charge in [-0.05, 0) is 24.6 Å². The summed E-state index contributed by atoms with van der Waals surface area (Å²) in [4.78, 5) is 12.3. The third-order valence-electron chi connectivity index (χ3n) is 4.41. The maximum absolute atomic E-state index is 5.55. The van der Waals surface area contributed by atoms with Crippen molar-refractivity contribution in [2.24, 2.45) is 7.05 Å². The molecule has 0 fully saturated rings. The van der Waals surface area contributed by atoms with E-state index in [4.69, 9.17) is 9.47 Å². The van der Waals surface area contributed by atoms with Gasteiger partial charge in [0.05, 0.1) is 24.6 Å². The van der Waals surface area contributed by atoms with Crippen LogP contribution in [0.25, 0.3) is 33.2 Å². The molecule has 9 nitrogen and oxygen atoms in total. The van der Waals surface area contributed by atoms with Gasteiger partial charge in [0.1, 0.15) is 11.2 Å². The lowest BCUT2D eigenvalue weighted by Crippen LogP contribution is -2.22. The molecule has 1 unspecified atom stereocenters. The average Bonchev–Trinajstić information content (AvgIpc) is 3.25. The zero-order chi connectivity index (χ0) is 19.0. The van der Waals surface area contributed by atoms with E-state index in [0.29, 0.717) is 24.1 Å². The van der Waals surface area contributed by atoms with Crippen molar-refractivity contribution in [2.75, 3.05) is 26.1 Å². The lowest BCUT2D eigenvalue weighted by atomic mass is 10.1. The minimum absolute atomic E-state index is 0.0753. The molecule has 0 saturated carbocycles. The van der Waals surface area contributed by atoms with Gasteiger partial charge < -0.3 is 19.8 Å². The number of hydrogen-bond donors (Lipinski definition) is 2. The summed E-state index contributed by atoms with van der Waals surface area (Å²) in [6, 6.07) is 6.08. The first-order chi connectivity index (χ1) is 13.1. The van der Waals surface area contributed by atoms with Gasteiger partial charge in [-0.25, -0.2) is 4.68 Å². The highest BCUT2D eigenvalue weighted by atomic mass is 16.5. The SMILES string of the molecule is COCC(C)Nc1nc(OC)c2c(-c3ccc4nnn(C)c4c3)c[nH]c2n1. The highest BCUT2D eigenvalue weighted by Crippen LogP contribution is 2.35. The molecule has 0 amide bonds. The molecule has 0 aliphatic rings. The van der Waals surface area contributed by atoms with Gasteiger partial charge in [0.2, 0.25) is 11.8 Å². The second-order valence-electron chi connectivity index (χ2n) is 6.40. The number of methoxy groups -OCH3 is 2. The second kappa shape index (κ2) is 6.84. The van der Waals surface area contributed by atoms with E-state index < -0.39 is 0 Å². The number of anilines is 1. The Labute approximate surface area is 155 Å². The molecule has 4 aromatic rings. The first kappa shape index (κ1) is 17.2. The van der Waals surface area contributed by atoms with Crippen LogP contribution in [0.1, 0.15) is 6.92 Å². The van der Waals surface area contributed by atoms with Crippen molar-refractivity contribution in [3.8, 4) is 17.0 Å². The Hall–Kier alpha value is -3.20. The van der Waals surface area contributed by atoms with Crippen molar-refractivity contribution in [1.82, 2.24) is 29.9 Å². The number of hydrogen-bond acceptors (Lipinski definition) is 7. The first-order valence-corrected chi connectivity index (χ1v) is 8.59. The molecule has 27 heavy (non-hydrogen) atoms. The summed E-state index contributed by atoms with van der Waals surface area (Å²) >= 11 is 0. The summed E-state index contributed by atoms with van der Waals surface area (Å²) in [5.74, 6) is 0.996. The summed E-state index contributed by atoms with van der Waals surface area (Å²) in [5.41, 5.74) is 4.47. The third-order valence-corrected chi connectivity index (χ3v) is 4.41. The van der Waals surface area contributed by atoms with Gasteiger partial charge in [-0.3, -0.25) is 0 Å². The molecule has 3 aromatic heterocycles. The highest BCUT2D eigenvalue weighted by Gasteiger charge is 2.17. The predicted octanol–water partition coefficient (Wildman–Crippen LogP) is 2.36. The number of nitrogens with one attached hydrogen (secondary N) is 2. The fraction of sp³-hybridized carbons (Fsp3) is 0.333. The Balaban J connectivity index is 1.80. The van der Waals surface area contributed by atoms with Crippen molar-refractivity contribution >= 4 is 28.0 Å². The van der Waals surface area contributed by atoms with Gasteiger partial charge in [0, 0.05) is 32.0 Å². The number of aromatic nitrogens is 6. The quantitative estimate of drug-likeness (QED) is 0.539. The summed E-state index contributed by atoms with van der Waals surface area (Å²) in [7, 11) is 5.14. The number of rotatable bonds is 6. The molecule has 0 spiro atoms. The minimum Gasteiger partial charge on any atom is -0.480 e. The van der Waals surface area contributed by atoms with Gasteiger partial charge in [-0.15, -0.1) is 5.10 Å². The Bertz CT molecular complexity index is 1100. The fourth-order valence-electron chi connectivity index (χ4n) is 3.15. The first-order valence-electron chi connectivity index (χ1n) is 8.59. The smallest absolute Gasteiger partial charge is 0.228 e. The molecule has 0 aliphatic heterocycles. The van der Waals surface area contributed by atoms with Gasteiger partial charge in [0.15, 0.2) is 0 Å². The van der Waals surface area contributed by atoms with E-state index in [1.165, 1.54) is 0 Å². The van der Waals surface area contributed by atoms with E-state index in [0.717, 1.165) is 27.5 Å². The molecule has 9 heteroatoms. The predicted molar refractivity (Wildman–Crippen MR) is 103 cm³/mol. The van der Waals surface area contributed by atoms with Gasteiger partial charge in [-0.1, -0.05) is 11.3 Å². The number of ether oxygens (including phenoxy) is 2. The molecule has 4 rings (SSSR count). The lowest BCUT2D eigenvalue weighted by molar-refractivity contribution is 0.190. The average molecular weight is 367 g/mol. The van der Waals surface area contributed by atoms with Crippen LogP contribution >= 0.6 is 0 Å². The molecular weight excluding hydrogens is 346 g/mol. The van der Waals surface area contributed by atoms with Gasteiger partial charge >= 0.3 is 0 Å². The van der Waals surface area contributed by atoms with E-state index >= 15 is 0 Å². The Morgan fingerprint density at radius 2 is 2.11 bits per heavy atom. The van der Waals surface area contributed by atoms with E-state index in [2.05, 4.69) is 30.6 Å². The summed E-state index contributed by atoms with van der Waals surface area (Å²) < 4.78 is 12.5. The highest BCUT2D eigenvalue weighted by molar-refractivity contribution is 5.99. The van der Waals surface area contributed by atoms with E-state index in [9.17, 15) is 0 Å². The van der Waals surface area contributed by atoms with Crippen LogP contribution in [0.15, 0.2) is 24.4 Å². The molecule has 0 bridgehead atoms. The zero-order valence-electron chi connectivity index (χ0n) is 15.6. The number of nitrogens with zero attached hydrogens (tertiary/aromatic N) is 5. The van der Waals surface area contributed by atoms with Crippen molar-refractivity contribution in [1.29, 1.82) is 0 Å². The summed E-state index contributed by atoms with van der Waals surface area (Å²) in [5, 5.41) is 12.2. The fourth-order valence-corrected chi connectivity index (χ4v) is 3.15. The maximum atomic E-state index is 5.55. The van der Waals surface area contributed by atoms with Crippen molar-refractivity contribution in [3.05, 3.63) is 24.4 Å². The number of H-pyrrole nitrogens is 1. The molecule has 3 heterocycles. The number of fused-ring (bicyclic) bond motifs is 2. The number of benzene rings is 1. The standard InChI is InChI=1S/C18H21N7O2/c1-10(9-26-3)20-18-21-16-15(17(22-18)27-4)12(8-19-16)11-5-6-13-14(7-11)25(2)24-23-13/h5-8,10H,9H2,1-4H3,(H2,19,20,21,22). The van der Waals surface area contributed by atoms with Crippen molar-refractivity contribution in [3.63, 3.8) is 0 Å². The van der Waals surface area contributed by atoms with Gasteiger partial charge in [-0.2, -0.15) is 9.97 Å². The van der Waals surface area contributed by atoms with E-state index in [1.54, 1.807) is 18.9 Å². The molecule has 1 atom stereocenters. The Morgan fingerprint density at radius 1 is 1.26 bits per heavy atom. The van der Waals surface area contributed by atoms with Crippen LogP contribution in [0.4, 0.5) is 5.95 Å². The van der Waals surface area contributed by atoms with Crippen LogP contribution in [0, 0.1) is 0 Å². The Kier molecular flexibility index (Phi) is 4.36. The topological polar surface area (TPSA) is 103 Å². The van der Waals surface area contributed by atoms with Crippen molar-refractivity contribution in [2.45, 2.75) is 13.0 Å². The monoisotopic (exact) mass is 367 g/mol. The lowest BCUT2D eigenvalue weighted by Gasteiger charge is -2.13. The maximum Gasteiger partial charge on any atom is 0.228 e. The largest absolute Gasteiger partial charge is 0.480 e. The number of aryl methyl sites for hydroxylation is 1. The van der Waals surface area contributed by atoms with Crippen LogP contribution in [0.3, 0.4) is 0 Å². The molecule has 0 aliphatic carbocycles. The normalized spacial score (nSPS) is 12.6. The number of aromatic amines is 1. The summed E-state index contributed by atoms with van der Waals surface area (Å²) in [6.45, 7) is 2.55. The van der Waals surface area contributed by atoms with Crippen LogP contribution in [0.5, 0.6) is 5.88 Å². The van der Waals surface area contributed by atoms with Crippen LogP contribution < -0.4 is 10.1 Å².